The fourth-order valence-electron chi connectivity index (χ4n) is 3.09. The van der Waals surface area contributed by atoms with Gasteiger partial charge in [-0.15, -0.1) is 0 Å². The van der Waals surface area contributed by atoms with E-state index in [0.29, 0.717) is 24.7 Å². The molecule has 1 aliphatic heterocycles. The van der Waals surface area contributed by atoms with Crippen molar-refractivity contribution in [2.75, 3.05) is 13.1 Å². The molecule has 2 amide bonds. The summed E-state index contributed by atoms with van der Waals surface area (Å²) in [4.78, 5) is 29.7. The summed E-state index contributed by atoms with van der Waals surface area (Å²) in [7, 11) is 0. The van der Waals surface area contributed by atoms with E-state index in [2.05, 4.69) is 11.6 Å². The molecule has 25 heavy (non-hydrogen) atoms. The van der Waals surface area contributed by atoms with Crippen LogP contribution in [0.2, 0.25) is 0 Å². The molecule has 1 aliphatic rings. The Bertz CT molecular complexity index is 808. The third-order valence-corrected chi connectivity index (χ3v) is 4.45. The summed E-state index contributed by atoms with van der Waals surface area (Å²) < 4.78 is 5.93. The van der Waals surface area contributed by atoms with E-state index in [4.69, 9.17) is 10.2 Å². The standard InChI is InChI=1S/C19H21N3O3/c1-3-15(23)22-10-4-5-14(11-22)19-21-16(18(20)24)17(25-19)13-8-6-12(2)7-9-13/h3,6-9,14H,1,4-5,10-11H2,2H3,(H2,20,24). The molecule has 1 aromatic heterocycles. The summed E-state index contributed by atoms with van der Waals surface area (Å²) in [6.07, 6.45) is 3.00. The Morgan fingerprint density at radius 3 is 2.72 bits per heavy atom. The molecule has 0 radical (unpaired) electrons. The highest BCUT2D eigenvalue weighted by Crippen LogP contribution is 2.32. The lowest BCUT2D eigenvalue weighted by Gasteiger charge is -2.30. The van der Waals surface area contributed by atoms with E-state index < -0.39 is 5.91 Å². The Hall–Kier alpha value is -2.89. The van der Waals surface area contributed by atoms with Crippen LogP contribution >= 0.6 is 0 Å². The number of aromatic nitrogens is 1. The van der Waals surface area contributed by atoms with Gasteiger partial charge in [0.05, 0.1) is 5.92 Å². The first kappa shape index (κ1) is 17.0. The number of oxazole rings is 1. The van der Waals surface area contributed by atoms with Gasteiger partial charge in [-0.05, 0) is 25.8 Å². The number of amides is 2. The number of hydrogen-bond donors (Lipinski definition) is 1. The first-order valence-electron chi connectivity index (χ1n) is 8.28. The maximum Gasteiger partial charge on any atom is 0.271 e. The van der Waals surface area contributed by atoms with Gasteiger partial charge in [0.25, 0.3) is 5.91 Å². The van der Waals surface area contributed by atoms with Crippen molar-refractivity contribution in [2.45, 2.75) is 25.7 Å². The maximum absolute atomic E-state index is 11.9. The lowest BCUT2D eigenvalue weighted by atomic mass is 9.98. The van der Waals surface area contributed by atoms with Crippen LogP contribution in [0, 0.1) is 6.92 Å². The second-order valence-corrected chi connectivity index (χ2v) is 6.29. The first-order chi connectivity index (χ1) is 12.0. The number of aryl methyl sites for hydroxylation is 1. The largest absolute Gasteiger partial charge is 0.439 e. The van der Waals surface area contributed by atoms with Gasteiger partial charge in [-0.1, -0.05) is 36.4 Å². The summed E-state index contributed by atoms with van der Waals surface area (Å²) >= 11 is 0. The fraction of sp³-hybridized carbons (Fsp3) is 0.316. The summed E-state index contributed by atoms with van der Waals surface area (Å²) in [6, 6.07) is 7.63. The monoisotopic (exact) mass is 339 g/mol. The summed E-state index contributed by atoms with van der Waals surface area (Å²) in [6.45, 7) is 6.70. The van der Waals surface area contributed by atoms with Crippen LogP contribution in [-0.4, -0.2) is 34.8 Å². The molecule has 0 spiro atoms. The normalized spacial score (nSPS) is 17.3. The van der Waals surface area contributed by atoms with Gasteiger partial charge < -0.3 is 15.1 Å². The minimum absolute atomic E-state index is 0.0602. The zero-order chi connectivity index (χ0) is 18.0. The number of nitrogens with two attached hydrogens (primary N) is 1. The number of nitrogens with zero attached hydrogens (tertiary/aromatic N) is 2. The third-order valence-electron chi connectivity index (χ3n) is 4.45. The number of hydrogen-bond acceptors (Lipinski definition) is 4. The Morgan fingerprint density at radius 2 is 2.08 bits per heavy atom. The predicted octanol–water partition coefficient (Wildman–Crippen LogP) is 2.64. The molecule has 1 aromatic carbocycles. The number of primary amides is 1. The van der Waals surface area contributed by atoms with E-state index in [1.807, 2.05) is 31.2 Å². The number of carbonyl (C=O) groups excluding carboxylic acids is 2. The minimum atomic E-state index is -0.625. The quantitative estimate of drug-likeness (QED) is 0.867. The number of rotatable bonds is 4. The highest BCUT2D eigenvalue weighted by atomic mass is 16.4. The topological polar surface area (TPSA) is 89.4 Å². The van der Waals surface area contributed by atoms with E-state index in [-0.39, 0.29) is 17.5 Å². The molecule has 0 saturated carbocycles. The van der Waals surface area contributed by atoms with Crippen LogP contribution in [0.3, 0.4) is 0 Å². The predicted molar refractivity (Wildman–Crippen MR) is 93.9 cm³/mol. The fourth-order valence-corrected chi connectivity index (χ4v) is 3.09. The van der Waals surface area contributed by atoms with Crippen molar-refractivity contribution in [2.24, 2.45) is 5.73 Å². The van der Waals surface area contributed by atoms with Gasteiger partial charge in [0.15, 0.2) is 11.5 Å². The van der Waals surface area contributed by atoms with Crippen molar-refractivity contribution in [1.82, 2.24) is 9.88 Å². The van der Waals surface area contributed by atoms with Crippen LogP contribution in [0.25, 0.3) is 11.3 Å². The van der Waals surface area contributed by atoms with E-state index in [1.54, 1.807) is 4.90 Å². The lowest BCUT2D eigenvalue weighted by Crippen LogP contribution is -2.38. The summed E-state index contributed by atoms with van der Waals surface area (Å²) in [5.41, 5.74) is 7.48. The SMILES string of the molecule is C=CC(=O)N1CCCC(c2nc(C(N)=O)c(-c3ccc(C)cc3)o2)C1. The second-order valence-electron chi connectivity index (χ2n) is 6.29. The molecular weight excluding hydrogens is 318 g/mol. The third kappa shape index (κ3) is 3.47. The number of piperidine rings is 1. The molecule has 3 rings (SSSR count). The molecule has 6 nitrogen and oxygen atoms in total. The van der Waals surface area contributed by atoms with Crippen LogP contribution < -0.4 is 5.73 Å². The molecule has 1 saturated heterocycles. The maximum atomic E-state index is 11.9. The molecule has 1 fully saturated rings. The van der Waals surface area contributed by atoms with Crippen LogP contribution in [0.15, 0.2) is 41.3 Å². The zero-order valence-corrected chi connectivity index (χ0v) is 14.2. The Morgan fingerprint density at radius 1 is 1.36 bits per heavy atom. The van der Waals surface area contributed by atoms with E-state index in [9.17, 15) is 9.59 Å². The molecule has 1 atom stereocenters. The first-order valence-corrected chi connectivity index (χ1v) is 8.28. The second kappa shape index (κ2) is 6.93. The van der Waals surface area contributed by atoms with Crippen molar-refractivity contribution in [3.05, 3.63) is 54.1 Å². The van der Waals surface area contributed by atoms with E-state index in [0.717, 1.165) is 24.0 Å². The van der Waals surface area contributed by atoms with Crippen molar-refractivity contribution in [1.29, 1.82) is 0 Å². The Balaban J connectivity index is 1.93. The average molecular weight is 339 g/mol. The van der Waals surface area contributed by atoms with Gasteiger partial charge in [-0.3, -0.25) is 9.59 Å². The zero-order valence-electron chi connectivity index (χ0n) is 14.2. The molecule has 0 aliphatic carbocycles. The van der Waals surface area contributed by atoms with Gasteiger partial charge in [0, 0.05) is 18.7 Å². The van der Waals surface area contributed by atoms with Crippen molar-refractivity contribution in [3.63, 3.8) is 0 Å². The molecule has 0 bridgehead atoms. The molecule has 6 heteroatoms. The van der Waals surface area contributed by atoms with Gasteiger partial charge in [0.2, 0.25) is 11.8 Å². The van der Waals surface area contributed by atoms with Crippen LogP contribution in [-0.2, 0) is 4.79 Å². The van der Waals surface area contributed by atoms with Crippen molar-refractivity contribution in [3.8, 4) is 11.3 Å². The minimum Gasteiger partial charge on any atom is -0.439 e. The van der Waals surface area contributed by atoms with Crippen LogP contribution in [0.1, 0.15) is 40.7 Å². The number of likely N-dealkylation sites (tertiary alicyclic amines) is 1. The molecule has 2 aromatic rings. The highest BCUT2D eigenvalue weighted by Gasteiger charge is 2.29. The lowest BCUT2D eigenvalue weighted by molar-refractivity contribution is -0.127. The van der Waals surface area contributed by atoms with Gasteiger partial charge >= 0.3 is 0 Å². The Labute approximate surface area is 146 Å². The molecule has 130 valence electrons. The number of carbonyl (C=O) groups is 2. The summed E-state index contributed by atoms with van der Waals surface area (Å²) in [5, 5.41) is 0. The molecule has 2 heterocycles. The average Bonchev–Trinajstić information content (AvgIpc) is 3.07. The smallest absolute Gasteiger partial charge is 0.271 e. The van der Waals surface area contributed by atoms with E-state index in [1.165, 1.54) is 6.08 Å². The van der Waals surface area contributed by atoms with E-state index >= 15 is 0 Å². The van der Waals surface area contributed by atoms with Crippen LogP contribution in [0.4, 0.5) is 0 Å². The van der Waals surface area contributed by atoms with Crippen LogP contribution in [0.5, 0.6) is 0 Å². The molecular formula is C19H21N3O3. The van der Waals surface area contributed by atoms with Crippen molar-refractivity contribution >= 4 is 11.8 Å². The molecule has 1 unspecified atom stereocenters. The Kier molecular flexibility index (Phi) is 4.70. The van der Waals surface area contributed by atoms with Gasteiger partial charge in [0.1, 0.15) is 0 Å². The van der Waals surface area contributed by atoms with Gasteiger partial charge in [-0.25, -0.2) is 4.98 Å². The van der Waals surface area contributed by atoms with Gasteiger partial charge in [-0.2, -0.15) is 0 Å². The molecule has 2 N–H and O–H groups in total. The summed E-state index contributed by atoms with van der Waals surface area (Å²) in [5.74, 6) is 0.0427. The highest BCUT2D eigenvalue weighted by molar-refractivity contribution is 5.96. The van der Waals surface area contributed by atoms with Crippen molar-refractivity contribution < 1.29 is 14.0 Å². The number of benzene rings is 1.